The first-order chi connectivity index (χ1) is 14.6. The summed E-state index contributed by atoms with van der Waals surface area (Å²) in [6.45, 7) is 2.82. The molecule has 30 heavy (non-hydrogen) atoms. The molecule has 0 bridgehead atoms. The summed E-state index contributed by atoms with van der Waals surface area (Å²) in [5.41, 5.74) is 3.66. The molecule has 2 aromatic heterocycles. The lowest BCUT2D eigenvalue weighted by molar-refractivity contribution is -0.116. The number of rotatable bonds is 8. The van der Waals surface area contributed by atoms with Gasteiger partial charge < -0.3 is 15.6 Å². The number of pyridine rings is 1. The Kier molecular flexibility index (Phi) is 6.19. The van der Waals surface area contributed by atoms with E-state index in [0.29, 0.717) is 23.7 Å². The van der Waals surface area contributed by atoms with Gasteiger partial charge in [0.1, 0.15) is 5.82 Å². The number of amides is 1. The molecule has 2 aromatic carbocycles. The second-order valence-electron chi connectivity index (χ2n) is 7.46. The van der Waals surface area contributed by atoms with E-state index in [1.54, 1.807) is 6.07 Å². The molecule has 0 aliphatic rings. The van der Waals surface area contributed by atoms with Crippen molar-refractivity contribution in [1.82, 2.24) is 9.97 Å². The Morgan fingerprint density at radius 3 is 2.73 bits per heavy atom. The number of nitrogens with one attached hydrogen (secondary N) is 3. The van der Waals surface area contributed by atoms with E-state index < -0.39 is 0 Å². The maximum absolute atomic E-state index is 12.3. The number of halogens is 1. The van der Waals surface area contributed by atoms with Gasteiger partial charge in [-0.05, 0) is 30.2 Å². The lowest BCUT2D eigenvalue weighted by Gasteiger charge is -2.07. The Bertz CT molecular complexity index is 1170. The summed E-state index contributed by atoms with van der Waals surface area (Å²) in [6.07, 6.45) is 5.35. The Hall–Kier alpha value is -3.05. The molecule has 0 aliphatic heterocycles. The quantitative estimate of drug-likeness (QED) is 0.285. The fourth-order valence-electron chi connectivity index (χ4n) is 3.60. The second kappa shape index (κ2) is 9.18. The average Bonchev–Trinajstić information content (AvgIpc) is 3.11. The van der Waals surface area contributed by atoms with Crippen LogP contribution in [0.3, 0.4) is 0 Å². The first kappa shape index (κ1) is 20.2. The van der Waals surface area contributed by atoms with Crippen molar-refractivity contribution in [2.45, 2.75) is 39.2 Å². The smallest absolute Gasteiger partial charge is 0.224 e. The molecule has 1 amide bonds. The summed E-state index contributed by atoms with van der Waals surface area (Å²) in [5, 5.41) is 8.95. The van der Waals surface area contributed by atoms with Crippen LogP contribution in [0.25, 0.3) is 21.8 Å². The van der Waals surface area contributed by atoms with Gasteiger partial charge in [-0.1, -0.05) is 61.7 Å². The molecule has 0 saturated heterocycles. The SMILES string of the molecule is CCCCCC(=O)Nc1cc(Cl)cc2c1[nH]c1cnc(NCc3ccccc3)cc12. The first-order valence-corrected chi connectivity index (χ1v) is 10.7. The van der Waals surface area contributed by atoms with Crippen molar-refractivity contribution in [1.29, 1.82) is 0 Å². The average molecular weight is 421 g/mol. The lowest BCUT2D eigenvalue weighted by Crippen LogP contribution is -2.11. The number of aromatic amines is 1. The number of benzene rings is 2. The van der Waals surface area contributed by atoms with E-state index in [2.05, 4.69) is 39.7 Å². The Balaban J connectivity index is 1.61. The fourth-order valence-corrected chi connectivity index (χ4v) is 3.82. The standard InChI is InChI=1S/C24H25ClN4O/c1-2-3-5-10-23(30)28-20-12-17(25)11-19-18-13-22(27-15-21(18)29-24(19)20)26-14-16-8-6-4-7-9-16/h4,6-9,11-13,15,29H,2-3,5,10,14H2,1H3,(H,26,27)(H,28,30). The summed E-state index contributed by atoms with van der Waals surface area (Å²) in [7, 11) is 0. The molecule has 0 aliphatic carbocycles. The zero-order valence-electron chi connectivity index (χ0n) is 17.0. The molecular weight excluding hydrogens is 396 g/mol. The number of H-pyrrole nitrogens is 1. The van der Waals surface area contributed by atoms with Crippen LogP contribution in [0.4, 0.5) is 11.5 Å². The van der Waals surface area contributed by atoms with E-state index >= 15 is 0 Å². The van der Waals surface area contributed by atoms with Crippen molar-refractivity contribution in [3.63, 3.8) is 0 Å². The molecule has 5 nitrogen and oxygen atoms in total. The number of hydrogen-bond donors (Lipinski definition) is 3. The zero-order chi connectivity index (χ0) is 20.9. The van der Waals surface area contributed by atoms with Gasteiger partial charge in [0, 0.05) is 28.8 Å². The number of carbonyl (C=O) groups excluding carboxylic acids is 1. The largest absolute Gasteiger partial charge is 0.366 e. The number of hydrogen-bond acceptors (Lipinski definition) is 3. The third-order valence-corrected chi connectivity index (χ3v) is 5.37. The van der Waals surface area contributed by atoms with E-state index in [1.165, 1.54) is 5.56 Å². The van der Waals surface area contributed by atoms with Crippen LogP contribution < -0.4 is 10.6 Å². The number of nitrogens with zero attached hydrogens (tertiary/aromatic N) is 1. The third-order valence-electron chi connectivity index (χ3n) is 5.15. The molecular formula is C24H25ClN4O. The van der Waals surface area contributed by atoms with E-state index in [0.717, 1.165) is 46.9 Å². The Morgan fingerprint density at radius 2 is 1.93 bits per heavy atom. The minimum absolute atomic E-state index is 0.00835. The number of carbonyl (C=O) groups is 1. The molecule has 6 heteroatoms. The van der Waals surface area contributed by atoms with Crippen molar-refractivity contribution in [2.24, 2.45) is 0 Å². The zero-order valence-corrected chi connectivity index (χ0v) is 17.7. The van der Waals surface area contributed by atoms with Crippen LogP contribution in [0.2, 0.25) is 5.02 Å². The van der Waals surface area contributed by atoms with Crippen LogP contribution in [0.1, 0.15) is 38.2 Å². The van der Waals surface area contributed by atoms with E-state index in [-0.39, 0.29) is 5.91 Å². The summed E-state index contributed by atoms with van der Waals surface area (Å²) in [5.74, 6) is 0.798. The summed E-state index contributed by atoms with van der Waals surface area (Å²) in [6, 6.07) is 15.9. The van der Waals surface area contributed by atoms with Crippen molar-refractivity contribution in [3.05, 3.63) is 65.3 Å². The fraction of sp³-hybridized carbons (Fsp3) is 0.250. The van der Waals surface area contributed by atoms with Gasteiger partial charge in [-0.2, -0.15) is 0 Å². The highest BCUT2D eigenvalue weighted by Crippen LogP contribution is 2.34. The van der Waals surface area contributed by atoms with Crippen LogP contribution in [-0.4, -0.2) is 15.9 Å². The van der Waals surface area contributed by atoms with Crippen LogP contribution >= 0.6 is 11.6 Å². The van der Waals surface area contributed by atoms with Crippen LogP contribution in [0, 0.1) is 0 Å². The predicted octanol–water partition coefficient (Wildman–Crippen LogP) is 6.50. The predicted molar refractivity (Wildman–Crippen MR) is 125 cm³/mol. The van der Waals surface area contributed by atoms with Gasteiger partial charge in [0.25, 0.3) is 0 Å². The number of anilines is 2. The van der Waals surface area contributed by atoms with Gasteiger partial charge in [-0.15, -0.1) is 0 Å². The molecule has 0 radical (unpaired) electrons. The van der Waals surface area contributed by atoms with E-state index in [9.17, 15) is 4.79 Å². The highest BCUT2D eigenvalue weighted by atomic mass is 35.5. The molecule has 0 spiro atoms. The van der Waals surface area contributed by atoms with Crippen molar-refractivity contribution in [3.8, 4) is 0 Å². The maximum Gasteiger partial charge on any atom is 0.224 e. The molecule has 4 aromatic rings. The van der Waals surface area contributed by atoms with Gasteiger partial charge in [0.2, 0.25) is 5.91 Å². The number of fused-ring (bicyclic) bond motifs is 3. The van der Waals surface area contributed by atoms with Crippen molar-refractivity contribution < 1.29 is 4.79 Å². The number of unbranched alkanes of at least 4 members (excludes halogenated alkanes) is 2. The molecule has 0 saturated carbocycles. The normalized spacial score (nSPS) is 11.1. The molecule has 154 valence electrons. The van der Waals surface area contributed by atoms with Gasteiger partial charge in [0.15, 0.2) is 0 Å². The topological polar surface area (TPSA) is 69.8 Å². The van der Waals surface area contributed by atoms with Gasteiger partial charge in [-0.3, -0.25) is 4.79 Å². The monoisotopic (exact) mass is 420 g/mol. The van der Waals surface area contributed by atoms with Gasteiger partial charge in [-0.25, -0.2) is 4.98 Å². The first-order valence-electron chi connectivity index (χ1n) is 10.3. The summed E-state index contributed by atoms with van der Waals surface area (Å²) >= 11 is 6.38. The third kappa shape index (κ3) is 4.57. The van der Waals surface area contributed by atoms with Crippen molar-refractivity contribution >= 4 is 50.8 Å². The Morgan fingerprint density at radius 1 is 1.10 bits per heavy atom. The molecule has 0 fully saturated rings. The van der Waals surface area contributed by atoms with Crippen LogP contribution in [0.5, 0.6) is 0 Å². The van der Waals surface area contributed by atoms with Gasteiger partial charge >= 0.3 is 0 Å². The molecule has 2 heterocycles. The van der Waals surface area contributed by atoms with Crippen molar-refractivity contribution in [2.75, 3.05) is 10.6 Å². The van der Waals surface area contributed by atoms with Gasteiger partial charge in [0.05, 0.1) is 22.9 Å². The summed E-state index contributed by atoms with van der Waals surface area (Å²) in [4.78, 5) is 20.2. The highest BCUT2D eigenvalue weighted by molar-refractivity contribution is 6.33. The molecule has 4 rings (SSSR count). The second-order valence-corrected chi connectivity index (χ2v) is 7.90. The minimum Gasteiger partial charge on any atom is -0.366 e. The van der Waals surface area contributed by atoms with E-state index in [4.69, 9.17) is 11.6 Å². The number of aromatic nitrogens is 2. The molecule has 3 N–H and O–H groups in total. The minimum atomic E-state index is 0.00835. The van der Waals surface area contributed by atoms with E-state index in [1.807, 2.05) is 36.5 Å². The lowest BCUT2D eigenvalue weighted by atomic mass is 10.1. The highest BCUT2D eigenvalue weighted by Gasteiger charge is 2.13. The molecule has 0 unspecified atom stereocenters. The Labute approximate surface area is 180 Å². The molecule has 0 atom stereocenters. The summed E-state index contributed by atoms with van der Waals surface area (Å²) < 4.78 is 0. The maximum atomic E-state index is 12.3. The van der Waals surface area contributed by atoms with Crippen LogP contribution in [-0.2, 0) is 11.3 Å². The van der Waals surface area contributed by atoms with Crippen LogP contribution in [0.15, 0.2) is 54.7 Å².